The third kappa shape index (κ3) is 3.65. The van der Waals surface area contributed by atoms with E-state index in [1.54, 1.807) is 0 Å². The van der Waals surface area contributed by atoms with Gasteiger partial charge in [0.05, 0.1) is 9.13 Å². The Morgan fingerprint density at radius 1 is 1.58 bits per heavy atom. The molecule has 2 rings (SSSR count). The highest BCUT2D eigenvalue weighted by atomic mass is 32.2. The fourth-order valence-corrected chi connectivity index (χ4v) is 3.04. The number of hydrogen-bond acceptors (Lipinski definition) is 7. The Bertz CT molecular complexity index is 560. The molecule has 0 aliphatic carbocycles. The van der Waals surface area contributed by atoms with Gasteiger partial charge in [0, 0.05) is 6.54 Å². The number of aromatic nitrogens is 2. The second-order valence-electron chi connectivity index (χ2n) is 3.60. The zero-order valence-electron chi connectivity index (χ0n) is 10.2. The normalized spacial score (nSPS) is 10.4. The SMILES string of the molecule is CCCNc1ncc([N+](=O)[O-])c(Sc2cccs2)n1. The van der Waals surface area contributed by atoms with Gasteiger partial charge in [-0.25, -0.2) is 4.98 Å². The molecule has 0 saturated carbocycles. The van der Waals surface area contributed by atoms with Crippen molar-refractivity contribution in [1.82, 2.24) is 9.97 Å². The Morgan fingerprint density at radius 3 is 3.05 bits per heavy atom. The summed E-state index contributed by atoms with van der Waals surface area (Å²) in [5, 5.41) is 16.3. The Morgan fingerprint density at radius 2 is 2.42 bits per heavy atom. The second-order valence-corrected chi connectivity index (χ2v) is 5.84. The van der Waals surface area contributed by atoms with Gasteiger partial charge in [0.25, 0.3) is 0 Å². The third-order valence-electron chi connectivity index (χ3n) is 2.16. The van der Waals surface area contributed by atoms with Gasteiger partial charge in [0.1, 0.15) is 6.20 Å². The smallest absolute Gasteiger partial charge is 0.320 e. The maximum Gasteiger partial charge on any atom is 0.320 e. The third-order valence-corrected chi connectivity index (χ3v) is 4.19. The van der Waals surface area contributed by atoms with Gasteiger partial charge in [-0.05, 0) is 17.9 Å². The van der Waals surface area contributed by atoms with Gasteiger partial charge in [-0.1, -0.05) is 24.8 Å². The number of hydrogen-bond donors (Lipinski definition) is 1. The van der Waals surface area contributed by atoms with E-state index >= 15 is 0 Å². The van der Waals surface area contributed by atoms with Gasteiger partial charge >= 0.3 is 5.69 Å². The molecule has 0 radical (unpaired) electrons. The summed E-state index contributed by atoms with van der Waals surface area (Å²) in [6.45, 7) is 2.76. The summed E-state index contributed by atoms with van der Waals surface area (Å²) in [5.74, 6) is 0.423. The minimum atomic E-state index is -0.459. The molecule has 6 nitrogen and oxygen atoms in total. The van der Waals surface area contributed by atoms with Gasteiger partial charge in [-0.2, -0.15) is 4.98 Å². The average Bonchev–Trinajstić information content (AvgIpc) is 2.89. The molecule has 2 aromatic rings. The highest BCUT2D eigenvalue weighted by Gasteiger charge is 2.18. The highest BCUT2D eigenvalue weighted by molar-refractivity contribution is 8.01. The van der Waals surface area contributed by atoms with E-state index in [9.17, 15) is 10.1 Å². The van der Waals surface area contributed by atoms with Crippen LogP contribution >= 0.6 is 23.1 Å². The first-order chi connectivity index (χ1) is 9.20. The van der Waals surface area contributed by atoms with Gasteiger partial charge in [0.15, 0.2) is 5.03 Å². The summed E-state index contributed by atoms with van der Waals surface area (Å²) in [6, 6.07) is 3.80. The molecule has 0 aliphatic heterocycles. The molecular formula is C11H12N4O2S2. The fourth-order valence-electron chi connectivity index (χ4n) is 1.30. The molecule has 0 atom stereocenters. The van der Waals surface area contributed by atoms with Crippen molar-refractivity contribution in [2.45, 2.75) is 22.6 Å². The molecule has 0 fully saturated rings. The zero-order valence-corrected chi connectivity index (χ0v) is 11.8. The van der Waals surface area contributed by atoms with Crippen LogP contribution in [-0.4, -0.2) is 21.4 Å². The van der Waals surface area contributed by atoms with Crippen molar-refractivity contribution in [1.29, 1.82) is 0 Å². The lowest BCUT2D eigenvalue weighted by Gasteiger charge is -2.05. The van der Waals surface area contributed by atoms with Gasteiger partial charge in [-0.15, -0.1) is 11.3 Å². The monoisotopic (exact) mass is 296 g/mol. The number of nitrogens with one attached hydrogen (secondary N) is 1. The molecule has 1 N–H and O–H groups in total. The van der Waals surface area contributed by atoms with Crippen LogP contribution in [0.1, 0.15) is 13.3 Å². The first-order valence-corrected chi connectivity index (χ1v) is 7.37. The van der Waals surface area contributed by atoms with E-state index in [0.29, 0.717) is 11.0 Å². The lowest BCUT2D eigenvalue weighted by Crippen LogP contribution is -2.05. The van der Waals surface area contributed by atoms with Crippen LogP contribution in [0.5, 0.6) is 0 Å². The van der Waals surface area contributed by atoms with Crippen LogP contribution < -0.4 is 5.32 Å². The Kier molecular flexibility index (Phi) is 4.69. The highest BCUT2D eigenvalue weighted by Crippen LogP contribution is 2.35. The van der Waals surface area contributed by atoms with Crippen molar-refractivity contribution in [2.75, 3.05) is 11.9 Å². The first-order valence-electron chi connectivity index (χ1n) is 5.67. The van der Waals surface area contributed by atoms with Crippen molar-refractivity contribution < 1.29 is 4.92 Å². The molecule has 0 spiro atoms. The molecule has 8 heteroatoms. The summed E-state index contributed by atoms with van der Waals surface area (Å²) in [7, 11) is 0. The van der Waals surface area contributed by atoms with Gasteiger partial charge < -0.3 is 5.32 Å². The fraction of sp³-hybridized carbons (Fsp3) is 0.273. The van der Waals surface area contributed by atoms with E-state index in [-0.39, 0.29) is 5.69 Å². The standard InChI is InChI=1S/C11H12N4O2S2/c1-2-5-12-11-13-7-8(15(16)17)10(14-11)19-9-4-3-6-18-9/h3-4,6-7H,2,5H2,1H3,(H,12,13,14). The number of thiophene rings is 1. The van der Waals surface area contributed by atoms with Gasteiger partial charge in [-0.3, -0.25) is 10.1 Å². The molecule has 0 saturated heterocycles. The van der Waals surface area contributed by atoms with Crippen LogP contribution in [0.25, 0.3) is 0 Å². The zero-order chi connectivity index (χ0) is 13.7. The molecule has 2 heterocycles. The number of rotatable bonds is 6. The molecule has 0 unspecified atom stereocenters. The van der Waals surface area contributed by atoms with Crippen LogP contribution in [0.4, 0.5) is 11.6 Å². The summed E-state index contributed by atoms with van der Waals surface area (Å²) in [4.78, 5) is 18.7. The summed E-state index contributed by atoms with van der Waals surface area (Å²) in [6.07, 6.45) is 2.19. The van der Waals surface area contributed by atoms with E-state index in [2.05, 4.69) is 15.3 Å². The largest absolute Gasteiger partial charge is 0.354 e. The van der Waals surface area contributed by atoms with Gasteiger partial charge in [0.2, 0.25) is 5.95 Å². The molecule has 2 aromatic heterocycles. The Hall–Kier alpha value is -1.67. The molecule has 19 heavy (non-hydrogen) atoms. The number of nitrogens with zero attached hydrogens (tertiary/aromatic N) is 3. The number of anilines is 1. The summed E-state index contributed by atoms with van der Waals surface area (Å²) >= 11 is 2.80. The van der Waals surface area contributed by atoms with Crippen LogP contribution in [-0.2, 0) is 0 Å². The van der Waals surface area contributed by atoms with Crippen LogP contribution in [0.3, 0.4) is 0 Å². The summed E-state index contributed by atoms with van der Waals surface area (Å²) in [5.41, 5.74) is -0.0690. The van der Waals surface area contributed by atoms with E-state index in [1.165, 1.54) is 29.3 Å². The topological polar surface area (TPSA) is 81.0 Å². The molecule has 0 amide bonds. The molecule has 0 aromatic carbocycles. The summed E-state index contributed by atoms with van der Waals surface area (Å²) < 4.78 is 0.961. The van der Waals surface area contributed by atoms with Crippen molar-refractivity contribution in [3.63, 3.8) is 0 Å². The first kappa shape index (κ1) is 13.8. The van der Waals surface area contributed by atoms with Crippen molar-refractivity contribution in [2.24, 2.45) is 0 Å². The van der Waals surface area contributed by atoms with E-state index in [1.807, 2.05) is 24.4 Å². The molecule has 100 valence electrons. The second kappa shape index (κ2) is 6.48. The van der Waals surface area contributed by atoms with E-state index < -0.39 is 4.92 Å². The lowest BCUT2D eigenvalue weighted by molar-refractivity contribution is -0.388. The minimum absolute atomic E-state index is 0.0690. The van der Waals surface area contributed by atoms with Crippen LogP contribution in [0.15, 0.2) is 32.9 Å². The Balaban J connectivity index is 2.27. The predicted molar refractivity (Wildman–Crippen MR) is 75.9 cm³/mol. The maximum absolute atomic E-state index is 11.0. The Labute approximate surface area is 118 Å². The minimum Gasteiger partial charge on any atom is -0.354 e. The van der Waals surface area contributed by atoms with Crippen molar-refractivity contribution >= 4 is 34.7 Å². The quantitative estimate of drug-likeness (QED) is 0.500. The molecule has 0 bridgehead atoms. The van der Waals surface area contributed by atoms with E-state index in [4.69, 9.17) is 0 Å². The van der Waals surface area contributed by atoms with Crippen molar-refractivity contribution in [3.05, 3.63) is 33.8 Å². The molecular weight excluding hydrogens is 284 g/mol. The van der Waals surface area contributed by atoms with Crippen molar-refractivity contribution in [3.8, 4) is 0 Å². The predicted octanol–water partition coefficient (Wildman–Crippen LogP) is 3.42. The number of nitro groups is 1. The van der Waals surface area contributed by atoms with Crippen LogP contribution in [0.2, 0.25) is 0 Å². The van der Waals surface area contributed by atoms with Crippen LogP contribution in [0, 0.1) is 10.1 Å². The molecule has 0 aliphatic rings. The lowest BCUT2D eigenvalue weighted by atomic mass is 10.5. The van der Waals surface area contributed by atoms with E-state index in [0.717, 1.165) is 17.2 Å². The average molecular weight is 296 g/mol. The maximum atomic E-state index is 11.0.